The molecule has 0 bridgehead atoms. The van der Waals surface area contributed by atoms with Gasteiger partial charge in [0.15, 0.2) is 0 Å². The molecule has 6 heteroatoms. The van der Waals surface area contributed by atoms with Crippen molar-refractivity contribution in [2.75, 3.05) is 0 Å². The zero-order valence-corrected chi connectivity index (χ0v) is 37.3. The van der Waals surface area contributed by atoms with Crippen LogP contribution in [0.3, 0.4) is 0 Å². The van der Waals surface area contributed by atoms with Crippen LogP contribution in [0.15, 0.2) is 176 Å². The molecule has 2 aliphatic rings. The van der Waals surface area contributed by atoms with Crippen LogP contribution in [-0.4, -0.2) is 15.8 Å². The van der Waals surface area contributed by atoms with E-state index in [1.807, 2.05) is 23.5 Å². The standard InChI is InChI=1S/C56H43BN2OS2/c1-55(2,3)32-24-26-44-39(28-32)57-40-29-33(56(4,5)6)25-27-45(40)62-47-31-35(30-46(61-44)51(47)57)59-42-22-14-11-19-37(42)49-52(59)48-36-18-10-13-21-41(36)58(34-16-8-7-9-17-34)53(48)50-38-20-12-15-23-43(38)60-54(49)50/h7-31H,1-6H3. The van der Waals surface area contributed by atoms with Crippen LogP contribution in [0.5, 0.6) is 0 Å². The van der Waals surface area contributed by atoms with Gasteiger partial charge >= 0.3 is 0 Å². The Hall–Kier alpha value is -6.08. The predicted molar refractivity (Wildman–Crippen MR) is 266 cm³/mol. The molecule has 0 N–H and O–H groups in total. The summed E-state index contributed by atoms with van der Waals surface area (Å²) in [6.07, 6.45) is 0. The Kier molecular flexibility index (Phi) is 7.52. The van der Waals surface area contributed by atoms with Gasteiger partial charge in [-0.1, -0.05) is 173 Å². The van der Waals surface area contributed by atoms with E-state index in [4.69, 9.17) is 4.42 Å². The van der Waals surface area contributed by atoms with Gasteiger partial charge in [0.1, 0.15) is 11.2 Å². The second-order valence-electron chi connectivity index (χ2n) is 19.3. The molecule has 3 aromatic heterocycles. The van der Waals surface area contributed by atoms with Crippen LogP contribution >= 0.6 is 23.5 Å². The second-order valence-corrected chi connectivity index (χ2v) is 21.5. The second kappa shape index (κ2) is 12.7. The van der Waals surface area contributed by atoms with Gasteiger partial charge < -0.3 is 13.6 Å². The molecule has 0 unspecified atom stereocenters. The number of nitrogens with zero attached hydrogens (tertiary/aromatic N) is 2. The van der Waals surface area contributed by atoms with Gasteiger partial charge in [-0.05, 0) is 82.0 Å². The highest BCUT2D eigenvalue weighted by atomic mass is 32.2. The van der Waals surface area contributed by atoms with Crippen LogP contribution in [0, 0.1) is 0 Å². The SMILES string of the molecule is CC(C)(C)c1ccc2c(c1)B1c3cc(C(C)(C)C)ccc3Sc3cc(-n4c5ccccc5c5c6oc7ccccc7c6c6c(c7ccccc7n6-c6ccccc6)c54)cc(c31)S2. The normalized spacial score (nSPS) is 13.8. The lowest BCUT2D eigenvalue weighted by Crippen LogP contribution is -2.58. The maximum Gasteiger partial charge on any atom is 0.247 e. The van der Waals surface area contributed by atoms with Crippen LogP contribution in [0.25, 0.3) is 76.9 Å². The Morgan fingerprint density at radius 1 is 0.452 bits per heavy atom. The van der Waals surface area contributed by atoms with Crippen molar-refractivity contribution in [2.24, 2.45) is 0 Å². The average Bonchev–Trinajstić information content (AvgIpc) is 3.93. The van der Waals surface area contributed by atoms with Crippen LogP contribution in [0.4, 0.5) is 0 Å². The molecule has 8 aromatic carbocycles. The third kappa shape index (κ3) is 5.05. The minimum atomic E-state index is 0.0446. The van der Waals surface area contributed by atoms with Crippen LogP contribution in [0.1, 0.15) is 52.7 Å². The van der Waals surface area contributed by atoms with E-state index >= 15 is 0 Å². The van der Waals surface area contributed by atoms with E-state index in [-0.39, 0.29) is 17.5 Å². The summed E-state index contributed by atoms with van der Waals surface area (Å²) in [5.41, 5.74) is 16.0. The number of aromatic nitrogens is 2. The number of rotatable bonds is 2. The maximum atomic E-state index is 7.09. The number of fused-ring (bicyclic) bond motifs is 16. The molecule has 0 fully saturated rings. The molecule has 0 radical (unpaired) electrons. The summed E-state index contributed by atoms with van der Waals surface area (Å²) in [5, 5.41) is 7.08. The van der Waals surface area contributed by atoms with Crippen LogP contribution in [-0.2, 0) is 10.8 Å². The Balaban J connectivity index is 1.17. The first-order chi connectivity index (χ1) is 30.0. The fourth-order valence-electron chi connectivity index (χ4n) is 10.5. The van der Waals surface area contributed by atoms with Crippen molar-refractivity contribution in [3.05, 3.63) is 163 Å². The largest absolute Gasteiger partial charge is 0.455 e. The van der Waals surface area contributed by atoms with Crippen LogP contribution < -0.4 is 16.4 Å². The third-order valence-corrected chi connectivity index (χ3v) is 15.8. The summed E-state index contributed by atoms with van der Waals surface area (Å²) < 4.78 is 12.1. The molecule has 0 amide bonds. The lowest BCUT2D eigenvalue weighted by molar-refractivity contribution is 0.590. The molecule has 3 nitrogen and oxygen atoms in total. The van der Waals surface area contributed by atoms with E-state index in [0.29, 0.717) is 0 Å². The number of hydrogen-bond acceptors (Lipinski definition) is 3. The zero-order chi connectivity index (χ0) is 41.8. The van der Waals surface area contributed by atoms with Gasteiger partial charge in [-0.15, -0.1) is 0 Å². The van der Waals surface area contributed by atoms with Crippen molar-refractivity contribution in [1.29, 1.82) is 0 Å². The van der Waals surface area contributed by atoms with Crippen molar-refractivity contribution < 1.29 is 4.42 Å². The Morgan fingerprint density at radius 2 is 0.935 bits per heavy atom. The summed E-state index contributed by atoms with van der Waals surface area (Å²) in [5.74, 6) is 0. The number of furan rings is 1. The smallest absolute Gasteiger partial charge is 0.247 e. The molecule has 13 rings (SSSR count). The van der Waals surface area contributed by atoms with Crippen LogP contribution in [0.2, 0.25) is 0 Å². The van der Waals surface area contributed by atoms with Gasteiger partial charge in [-0.2, -0.15) is 0 Å². The van der Waals surface area contributed by atoms with Crippen molar-refractivity contribution in [3.63, 3.8) is 0 Å². The highest BCUT2D eigenvalue weighted by Crippen LogP contribution is 2.50. The maximum absolute atomic E-state index is 7.09. The van der Waals surface area contributed by atoms with E-state index in [1.54, 1.807) is 0 Å². The first-order valence-corrected chi connectivity index (χ1v) is 23.3. The van der Waals surface area contributed by atoms with Gasteiger partial charge in [-0.25, -0.2) is 0 Å². The average molecular weight is 835 g/mol. The van der Waals surface area contributed by atoms with Gasteiger partial charge in [0.2, 0.25) is 6.71 Å². The molecule has 2 aliphatic heterocycles. The summed E-state index contributed by atoms with van der Waals surface area (Å²) in [6.45, 7) is 14.1. The molecule has 11 aromatic rings. The molecule has 0 saturated heterocycles. The zero-order valence-electron chi connectivity index (χ0n) is 35.6. The van der Waals surface area contributed by atoms with Gasteiger partial charge in [0, 0.05) is 52.5 Å². The van der Waals surface area contributed by atoms with E-state index in [2.05, 4.69) is 202 Å². The molecule has 0 spiro atoms. The molecule has 298 valence electrons. The van der Waals surface area contributed by atoms with Gasteiger partial charge in [0.05, 0.1) is 32.8 Å². The molecular weight excluding hydrogens is 792 g/mol. The topological polar surface area (TPSA) is 23.0 Å². The Morgan fingerprint density at radius 3 is 1.52 bits per heavy atom. The predicted octanol–water partition coefficient (Wildman–Crippen LogP) is 13.8. The van der Waals surface area contributed by atoms with Gasteiger partial charge in [0.25, 0.3) is 0 Å². The Bertz CT molecular complexity index is 3640. The quantitative estimate of drug-likeness (QED) is 0.162. The van der Waals surface area contributed by atoms with E-state index in [9.17, 15) is 0 Å². The van der Waals surface area contributed by atoms with E-state index in [0.717, 1.165) is 33.0 Å². The first-order valence-electron chi connectivity index (χ1n) is 21.7. The minimum Gasteiger partial charge on any atom is -0.455 e. The monoisotopic (exact) mass is 834 g/mol. The molecule has 0 saturated carbocycles. The van der Waals surface area contributed by atoms with Gasteiger partial charge in [-0.3, -0.25) is 0 Å². The van der Waals surface area contributed by atoms with Crippen molar-refractivity contribution in [1.82, 2.24) is 9.13 Å². The molecule has 5 heterocycles. The summed E-state index contributed by atoms with van der Waals surface area (Å²) >= 11 is 3.88. The Labute approximate surface area is 369 Å². The molecule has 0 aliphatic carbocycles. The highest BCUT2D eigenvalue weighted by Gasteiger charge is 2.40. The fourth-order valence-corrected chi connectivity index (χ4v) is 13.0. The summed E-state index contributed by atoms with van der Waals surface area (Å²) in [6, 6.07) is 56.8. The number of benzene rings is 8. The lowest BCUT2D eigenvalue weighted by atomic mass is 9.36. The summed E-state index contributed by atoms with van der Waals surface area (Å²) in [7, 11) is 0. The highest BCUT2D eigenvalue weighted by molar-refractivity contribution is 8.01. The minimum absolute atomic E-state index is 0.0446. The fraction of sp³-hybridized carbons (Fsp3) is 0.143. The number of hydrogen-bond donors (Lipinski definition) is 0. The van der Waals surface area contributed by atoms with Crippen molar-refractivity contribution in [3.8, 4) is 11.4 Å². The molecule has 0 atom stereocenters. The lowest BCUT2D eigenvalue weighted by Gasteiger charge is -2.35. The third-order valence-electron chi connectivity index (χ3n) is 13.5. The van der Waals surface area contributed by atoms with Crippen molar-refractivity contribution in [2.45, 2.75) is 72.0 Å². The van der Waals surface area contributed by atoms with Crippen molar-refractivity contribution >= 4 is 112 Å². The molecular formula is C56H43BN2OS2. The summed E-state index contributed by atoms with van der Waals surface area (Å²) in [4.78, 5) is 5.35. The van der Waals surface area contributed by atoms with E-state index in [1.165, 1.54) is 91.0 Å². The first kappa shape index (κ1) is 36.6. The molecule has 62 heavy (non-hydrogen) atoms. The van der Waals surface area contributed by atoms with E-state index < -0.39 is 0 Å². The number of para-hydroxylation sites is 4.